The van der Waals surface area contributed by atoms with E-state index in [4.69, 9.17) is 16.3 Å². The van der Waals surface area contributed by atoms with Crippen LogP contribution in [0.3, 0.4) is 0 Å². The quantitative estimate of drug-likeness (QED) is 0.243. The number of nitrogens with zero attached hydrogens (tertiary/aromatic N) is 1. The topological polar surface area (TPSA) is 74.8 Å². The Morgan fingerprint density at radius 1 is 1.17 bits per heavy atom. The van der Waals surface area contributed by atoms with Crippen LogP contribution < -0.4 is 16.0 Å². The Balaban J connectivity index is 0.00000484. The second-order valence-corrected chi connectivity index (χ2v) is 4.92. The summed E-state index contributed by atoms with van der Waals surface area (Å²) in [6, 6.07) is 6.96. The Morgan fingerprint density at radius 2 is 1.83 bits per heavy atom. The molecule has 6 nitrogen and oxygen atoms in total. The highest BCUT2D eigenvalue weighted by molar-refractivity contribution is 14.0. The average molecular weight is 455 g/mol. The molecule has 1 amide bonds. The summed E-state index contributed by atoms with van der Waals surface area (Å²) in [5, 5.41) is 9.53. The van der Waals surface area contributed by atoms with Gasteiger partial charge in [0, 0.05) is 40.4 Å². The number of halogens is 2. The number of guanidine groups is 1. The van der Waals surface area contributed by atoms with E-state index in [-0.39, 0.29) is 29.9 Å². The van der Waals surface area contributed by atoms with Gasteiger partial charge in [0.25, 0.3) is 5.91 Å². The lowest BCUT2D eigenvalue weighted by atomic mass is 10.2. The summed E-state index contributed by atoms with van der Waals surface area (Å²) >= 11 is 5.97. The number of carbonyl (C=O) groups is 1. The van der Waals surface area contributed by atoms with E-state index in [1.54, 1.807) is 38.4 Å². The Morgan fingerprint density at radius 3 is 2.48 bits per heavy atom. The van der Waals surface area contributed by atoms with Crippen molar-refractivity contribution in [2.24, 2.45) is 4.99 Å². The van der Waals surface area contributed by atoms with Crippen molar-refractivity contribution < 1.29 is 9.53 Å². The predicted octanol–water partition coefficient (Wildman–Crippen LogP) is 1.89. The maximum atomic E-state index is 11.9. The molecular weight excluding hydrogens is 431 g/mol. The molecule has 0 heterocycles. The number of benzene rings is 1. The molecule has 1 rings (SSSR count). The fourth-order valence-corrected chi connectivity index (χ4v) is 1.96. The van der Waals surface area contributed by atoms with Crippen molar-refractivity contribution in [3.63, 3.8) is 0 Å². The van der Waals surface area contributed by atoms with Gasteiger partial charge in [0.2, 0.25) is 0 Å². The minimum atomic E-state index is -0.185. The standard InChI is InChI=1S/C15H23ClN4O2.HI/c1-17-15(19-8-5-11-22-2)20-10-9-18-14(21)12-6-3-4-7-13(12)16;/h3-4,6-7H,5,8-11H2,1-2H3,(H,18,21)(H2,17,19,20);1H. The summed E-state index contributed by atoms with van der Waals surface area (Å²) in [6.07, 6.45) is 0.903. The van der Waals surface area contributed by atoms with Gasteiger partial charge in [0.05, 0.1) is 10.6 Å². The molecule has 0 unspecified atom stereocenters. The van der Waals surface area contributed by atoms with Gasteiger partial charge in [0.15, 0.2) is 5.96 Å². The number of ether oxygens (including phenoxy) is 1. The minimum Gasteiger partial charge on any atom is -0.385 e. The van der Waals surface area contributed by atoms with Crippen molar-refractivity contribution in [2.45, 2.75) is 6.42 Å². The van der Waals surface area contributed by atoms with Crippen LogP contribution in [-0.4, -0.2) is 52.3 Å². The molecule has 0 fully saturated rings. The van der Waals surface area contributed by atoms with Gasteiger partial charge in [-0.05, 0) is 18.6 Å². The Bertz CT molecular complexity index is 500. The van der Waals surface area contributed by atoms with Crippen LogP contribution in [0.4, 0.5) is 0 Å². The molecule has 0 bridgehead atoms. The third kappa shape index (κ3) is 8.97. The fourth-order valence-electron chi connectivity index (χ4n) is 1.74. The molecule has 0 radical (unpaired) electrons. The zero-order valence-corrected chi connectivity index (χ0v) is 16.5. The molecule has 8 heteroatoms. The van der Waals surface area contributed by atoms with Crippen LogP contribution in [0.25, 0.3) is 0 Å². The number of nitrogens with one attached hydrogen (secondary N) is 3. The predicted molar refractivity (Wildman–Crippen MR) is 105 cm³/mol. The van der Waals surface area contributed by atoms with Crippen LogP contribution in [0.15, 0.2) is 29.3 Å². The smallest absolute Gasteiger partial charge is 0.252 e. The fraction of sp³-hybridized carbons (Fsp3) is 0.467. The van der Waals surface area contributed by atoms with Gasteiger partial charge in [-0.25, -0.2) is 0 Å². The molecule has 130 valence electrons. The van der Waals surface area contributed by atoms with Gasteiger partial charge in [-0.1, -0.05) is 23.7 Å². The van der Waals surface area contributed by atoms with E-state index >= 15 is 0 Å². The van der Waals surface area contributed by atoms with E-state index < -0.39 is 0 Å². The lowest BCUT2D eigenvalue weighted by molar-refractivity contribution is 0.0954. The van der Waals surface area contributed by atoms with Crippen molar-refractivity contribution >= 4 is 47.4 Å². The lowest BCUT2D eigenvalue weighted by Gasteiger charge is -2.12. The molecule has 0 aliphatic rings. The van der Waals surface area contributed by atoms with Gasteiger partial charge in [0.1, 0.15) is 0 Å². The number of methoxy groups -OCH3 is 1. The Hall–Kier alpha value is -1.06. The number of carbonyl (C=O) groups excluding carboxylic acids is 1. The first-order valence-corrected chi connectivity index (χ1v) is 7.53. The summed E-state index contributed by atoms with van der Waals surface area (Å²) in [4.78, 5) is 16.0. The molecule has 0 saturated heterocycles. The maximum absolute atomic E-state index is 11.9. The van der Waals surface area contributed by atoms with Crippen LogP contribution in [0.2, 0.25) is 5.02 Å². The highest BCUT2D eigenvalue weighted by Gasteiger charge is 2.08. The monoisotopic (exact) mass is 454 g/mol. The van der Waals surface area contributed by atoms with Crippen molar-refractivity contribution in [3.8, 4) is 0 Å². The zero-order valence-electron chi connectivity index (χ0n) is 13.4. The molecule has 23 heavy (non-hydrogen) atoms. The average Bonchev–Trinajstić information content (AvgIpc) is 2.53. The summed E-state index contributed by atoms with van der Waals surface area (Å²) < 4.78 is 4.98. The van der Waals surface area contributed by atoms with Crippen molar-refractivity contribution in [2.75, 3.05) is 40.4 Å². The molecular formula is C15H24ClIN4O2. The largest absolute Gasteiger partial charge is 0.385 e. The van der Waals surface area contributed by atoms with Crippen molar-refractivity contribution in [1.29, 1.82) is 0 Å². The molecule has 0 aromatic heterocycles. The summed E-state index contributed by atoms with van der Waals surface area (Å²) in [5.41, 5.74) is 0.478. The van der Waals surface area contributed by atoms with E-state index in [1.165, 1.54) is 0 Å². The highest BCUT2D eigenvalue weighted by Crippen LogP contribution is 2.14. The van der Waals surface area contributed by atoms with E-state index in [0.717, 1.165) is 13.0 Å². The van der Waals surface area contributed by atoms with Crippen LogP contribution in [0.1, 0.15) is 16.8 Å². The number of hydrogen-bond acceptors (Lipinski definition) is 3. The molecule has 0 aliphatic carbocycles. The zero-order chi connectivity index (χ0) is 16.2. The van der Waals surface area contributed by atoms with Gasteiger partial charge in [-0.15, -0.1) is 24.0 Å². The number of hydrogen-bond donors (Lipinski definition) is 3. The molecule has 1 aromatic rings. The maximum Gasteiger partial charge on any atom is 0.252 e. The number of amides is 1. The lowest BCUT2D eigenvalue weighted by Crippen LogP contribution is -2.42. The van der Waals surface area contributed by atoms with Gasteiger partial charge in [-0.3, -0.25) is 9.79 Å². The van der Waals surface area contributed by atoms with Crippen LogP contribution in [0, 0.1) is 0 Å². The first-order valence-electron chi connectivity index (χ1n) is 7.15. The van der Waals surface area contributed by atoms with Gasteiger partial charge in [-0.2, -0.15) is 0 Å². The van der Waals surface area contributed by atoms with E-state index in [0.29, 0.717) is 36.2 Å². The molecule has 0 atom stereocenters. The molecule has 1 aromatic carbocycles. The first-order chi connectivity index (χ1) is 10.7. The third-order valence-corrected chi connectivity index (χ3v) is 3.19. The molecule has 0 aliphatic heterocycles. The Kier molecular flexibility index (Phi) is 12.8. The van der Waals surface area contributed by atoms with E-state index in [2.05, 4.69) is 20.9 Å². The van der Waals surface area contributed by atoms with Crippen molar-refractivity contribution in [3.05, 3.63) is 34.9 Å². The third-order valence-electron chi connectivity index (χ3n) is 2.86. The number of rotatable bonds is 8. The summed E-state index contributed by atoms with van der Waals surface area (Å²) in [6.45, 7) is 2.53. The van der Waals surface area contributed by atoms with Crippen molar-refractivity contribution in [1.82, 2.24) is 16.0 Å². The second kappa shape index (κ2) is 13.4. The van der Waals surface area contributed by atoms with Crippen LogP contribution in [0.5, 0.6) is 0 Å². The Labute approximate surface area is 159 Å². The van der Waals surface area contributed by atoms with Gasteiger partial charge < -0.3 is 20.7 Å². The SMILES string of the molecule is CN=C(NCCCOC)NCCNC(=O)c1ccccc1Cl.I. The van der Waals surface area contributed by atoms with Crippen LogP contribution >= 0.6 is 35.6 Å². The number of aliphatic imine (C=N–C) groups is 1. The van der Waals surface area contributed by atoms with Crippen LogP contribution in [-0.2, 0) is 4.74 Å². The highest BCUT2D eigenvalue weighted by atomic mass is 127. The van der Waals surface area contributed by atoms with E-state index in [9.17, 15) is 4.79 Å². The molecule has 3 N–H and O–H groups in total. The molecule has 0 saturated carbocycles. The van der Waals surface area contributed by atoms with E-state index in [1.807, 2.05) is 0 Å². The summed E-state index contributed by atoms with van der Waals surface area (Å²) in [5.74, 6) is 0.513. The van der Waals surface area contributed by atoms with Gasteiger partial charge >= 0.3 is 0 Å². The second-order valence-electron chi connectivity index (χ2n) is 4.51. The molecule has 0 spiro atoms. The minimum absolute atomic E-state index is 0. The normalized spacial score (nSPS) is 10.7. The first kappa shape index (κ1) is 21.9. The summed E-state index contributed by atoms with van der Waals surface area (Å²) in [7, 11) is 3.38.